The van der Waals surface area contributed by atoms with Crippen molar-refractivity contribution in [1.82, 2.24) is 0 Å². The van der Waals surface area contributed by atoms with E-state index in [0.717, 1.165) is 4.90 Å². The number of rotatable bonds is 5. The Morgan fingerprint density at radius 3 is 3.00 bits per heavy atom. The van der Waals surface area contributed by atoms with Crippen molar-refractivity contribution in [3.05, 3.63) is 42.7 Å². The van der Waals surface area contributed by atoms with Crippen LogP contribution in [0.25, 0.3) is 0 Å². The lowest BCUT2D eigenvalue weighted by molar-refractivity contribution is -0.115. The predicted octanol–water partition coefficient (Wildman–Crippen LogP) is 3.06. The van der Waals surface area contributed by atoms with Crippen LogP contribution >= 0.6 is 11.8 Å². The number of Topliss-reactive ketones (excluding diaryl/α,β-unsaturated/α-hetero) is 1. The van der Waals surface area contributed by atoms with Crippen molar-refractivity contribution in [3.63, 3.8) is 0 Å². The van der Waals surface area contributed by atoms with Crippen LogP contribution in [-0.4, -0.2) is 11.5 Å². The van der Waals surface area contributed by atoms with Crippen LogP contribution in [0.2, 0.25) is 0 Å². The van der Waals surface area contributed by atoms with Gasteiger partial charge in [0.05, 0.1) is 5.75 Å². The number of hydrogen-bond donors (Lipinski definition) is 0. The molecular weight excluding hydrogens is 199 g/mol. The average Bonchev–Trinajstić information content (AvgIpc) is 2.15. The van der Waals surface area contributed by atoms with Gasteiger partial charge in [0.15, 0.2) is 0 Å². The summed E-state index contributed by atoms with van der Waals surface area (Å²) in [6, 6.07) is 6.23. The molecule has 0 aromatic heterocycles. The molecule has 0 aliphatic rings. The molecule has 0 radical (unpaired) electrons. The van der Waals surface area contributed by atoms with E-state index in [-0.39, 0.29) is 11.6 Å². The van der Waals surface area contributed by atoms with Crippen molar-refractivity contribution in [2.75, 3.05) is 5.75 Å². The highest BCUT2D eigenvalue weighted by Gasteiger charge is 2.01. The maximum atomic E-state index is 12.7. The molecule has 1 nitrogen and oxygen atoms in total. The Morgan fingerprint density at radius 2 is 2.36 bits per heavy atom. The molecule has 1 aromatic carbocycles. The van der Waals surface area contributed by atoms with Crippen LogP contribution in [0.5, 0.6) is 0 Å². The van der Waals surface area contributed by atoms with Gasteiger partial charge in [-0.25, -0.2) is 4.39 Å². The van der Waals surface area contributed by atoms with Crippen LogP contribution in [-0.2, 0) is 4.79 Å². The molecule has 0 aliphatic carbocycles. The van der Waals surface area contributed by atoms with Crippen LogP contribution < -0.4 is 0 Å². The number of benzene rings is 1. The molecular formula is C11H11FOS. The summed E-state index contributed by atoms with van der Waals surface area (Å²) in [6.07, 6.45) is 1.96. The zero-order valence-corrected chi connectivity index (χ0v) is 8.52. The van der Waals surface area contributed by atoms with Gasteiger partial charge in [-0.1, -0.05) is 12.1 Å². The normalized spacial score (nSPS) is 9.79. The minimum atomic E-state index is -0.272. The largest absolute Gasteiger partial charge is 0.298 e. The van der Waals surface area contributed by atoms with Gasteiger partial charge in [-0.05, 0) is 18.2 Å². The fourth-order valence-electron chi connectivity index (χ4n) is 0.941. The maximum absolute atomic E-state index is 12.7. The van der Waals surface area contributed by atoms with Gasteiger partial charge in [-0.2, -0.15) is 0 Å². The molecule has 0 atom stereocenters. The second kappa shape index (κ2) is 5.60. The number of carbonyl (C=O) groups is 1. The first-order valence-corrected chi connectivity index (χ1v) is 5.22. The third-order valence-corrected chi connectivity index (χ3v) is 2.62. The highest BCUT2D eigenvalue weighted by atomic mass is 32.2. The van der Waals surface area contributed by atoms with Gasteiger partial charge in [-0.3, -0.25) is 4.79 Å². The van der Waals surface area contributed by atoms with E-state index in [4.69, 9.17) is 0 Å². The van der Waals surface area contributed by atoms with Crippen LogP contribution in [0.1, 0.15) is 6.42 Å². The maximum Gasteiger partial charge on any atom is 0.146 e. The molecule has 0 unspecified atom stereocenters. The number of carbonyl (C=O) groups excluding carboxylic acids is 1. The lowest BCUT2D eigenvalue weighted by atomic mass is 10.3. The van der Waals surface area contributed by atoms with Gasteiger partial charge in [0.25, 0.3) is 0 Å². The molecule has 3 heteroatoms. The van der Waals surface area contributed by atoms with Gasteiger partial charge in [0, 0.05) is 11.3 Å². The number of halogens is 1. The fraction of sp³-hybridized carbons (Fsp3) is 0.182. The van der Waals surface area contributed by atoms with Crippen molar-refractivity contribution in [2.24, 2.45) is 0 Å². The molecule has 14 heavy (non-hydrogen) atoms. The predicted molar refractivity (Wildman–Crippen MR) is 56.9 cm³/mol. The van der Waals surface area contributed by atoms with Crippen molar-refractivity contribution in [3.8, 4) is 0 Å². The van der Waals surface area contributed by atoms with Gasteiger partial charge in [0.1, 0.15) is 11.6 Å². The molecule has 0 saturated carbocycles. The van der Waals surface area contributed by atoms with Gasteiger partial charge >= 0.3 is 0 Å². The van der Waals surface area contributed by atoms with Gasteiger partial charge < -0.3 is 0 Å². The van der Waals surface area contributed by atoms with E-state index in [9.17, 15) is 9.18 Å². The summed E-state index contributed by atoms with van der Waals surface area (Å²) in [5, 5.41) is 0. The molecule has 1 rings (SSSR count). The Labute approximate surface area is 87.0 Å². The molecule has 0 heterocycles. The second-order valence-electron chi connectivity index (χ2n) is 2.78. The Bertz CT molecular complexity index is 336. The Kier molecular flexibility index (Phi) is 4.40. The van der Waals surface area contributed by atoms with Crippen molar-refractivity contribution >= 4 is 17.5 Å². The number of allylic oxidation sites excluding steroid dienone is 1. The summed E-state index contributed by atoms with van der Waals surface area (Å²) < 4.78 is 12.7. The monoisotopic (exact) mass is 210 g/mol. The van der Waals surface area contributed by atoms with Crippen molar-refractivity contribution < 1.29 is 9.18 Å². The third kappa shape index (κ3) is 3.75. The quantitative estimate of drug-likeness (QED) is 0.549. The third-order valence-electron chi connectivity index (χ3n) is 1.57. The Balaban J connectivity index is 2.45. The zero-order valence-electron chi connectivity index (χ0n) is 7.70. The lowest BCUT2D eigenvalue weighted by Gasteiger charge is -1.99. The lowest BCUT2D eigenvalue weighted by Crippen LogP contribution is -1.98. The minimum absolute atomic E-state index is 0.106. The first-order valence-electron chi connectivity index (χ1n) is 4.23. The van der Waals surface area contributed by atoms with E-state index >= 15 is 0 Å². The number of thioether (sulfide) groups is 1. The summed E-state index contributed by atoms with van der Waals surface area (Å²) >= 11 is 1.35. The number of ketones is 1. The summed E-state index contributed by atoms with van der Waals surface area (Å²) in [7, 11) is 0. The summed E-state index contributed by atoms with van der Waals surface area (Å²) in [4.78, 5) is 11.9. The molecule has 0 bridgehead atoms. The number of hydrogen-bond acceptors (Lipinski definition) is 2. The van der Waals surface area contributed by atoms with E-state index < -0.39 is 0 Å². The van der Waals surface area contributed by atoms with Crippen LogP contribution in [0.4, 0.5) is 4.39 Å². The van der Waals surface area contributed by atoms with Crippen molar-refractivity contribution in [1.29, 1.82) is 0 Å². The standard InChI is InChI=1S/C11H11FOS/c1-2-4-10(13)8-14-11-6-3-5-9(12)7-11/h2-3,5-7H,1,4,8H2. The fourth-order valence-corrected chi connectivity index (χ4v) is 1.76. The van der Waals surface area contributed by atoms with Crippen molar-refractivity contribution in [2.45, 2.75) is 11.3 Å². The molecule has 0 spiro atoms. The molecule has 0 aliphatic heterocycles. The summed E-state index contributed by atoms with van der Waals surface area (Å²) in [5.74, 6) is 0.204. The first-order chi connectivity index (χ1) is 6.72. The summed E-state index contributed by atoms with van der Waals surface area (Å²) in [5.41, 5.74) is 0. The van der Waals surface area contributed by atoms with E-state index in [2.05, 4.69) is 6.58 Å². The highest BCUT2D eigenvalue weighted by Crippen LogP contribution is 2.18. The Morgan fingerprint density at radius 1 is 1.57 bits per heavy atom. The SMILES string of the molecule is C=CCC(=O)CSc1cccc(F)c1. The van der Waals surface area contributed by atoms with E-state index in [0.29, 0.717) is 12.2 Å². The van der Waals surface area contributed by atoms with Crippen LogP contribution in [0, 0.1) is 5.82 Å². The zero-order chi connectivity index (χ0) is 10.4. The Hall–Kier alpha value is -1.09. The minimum Gasteiger partial charge on any atom is -0.298 e. The molecule has 74 valence electrons. The van der Waals surface area contributed by atoms with Gasteiger partial charge in [-0.15, -0.1) is 18.3 Å². The molecule has 0 fully saturated rings. The second-order valence-corrected chi connectivity index (χ2v) is 3.83. The topological polar surface area (TPSA) is 17.1 Å². The average molecular weight is 210 g/mol. The molecule has 1 aromatic rings. The van der Waals surface area contributed by atoms with E-state index in [1.54, 1.807) is 18.2 Å². The van der Waals surface area contributed by atoms with E-state index in [1.807, 2.05) is 0 Å². The van der Waals surface area contributed by atoms with E-state index in [1.165, 1.54) is 23.9 Å². The first kappa shape index (κ1) is 11.0. The smallest absolute Gasteiger partial charge is 0.146 e. The van der Waals surface area contributed by atoms with Crippen LogP contribution in [0.15, 0.2) is 41.8 Å². The highest BCUT2D eigenvalue weighted by molar-refractivity contribution is 8.00. The molecule has 0 N–H and O–H groups in total. The molecule has 0 amide bonds. The van der Waals surface area contributed by atoms with Gasteiger partial charge in [0.2, 0.25) is 0 Å². The molecule has 0 saturated heterocycles. The summed E-state index contributed by atoms with van der Waals surface area (Å²) in [6.45, 7) is 3.48. The van der Waals surface area contributed by atoms with Crippen LogP contribution in [0.3, 0.4) is 0 Å².